The van der Waals surface area contributed by atoms with Gasteiger partial charge in [-0.2, -0.15) is 0 Å². The summed E-state index contributed by atoms with van der Waals surface area (Å²) in [4.78, 5) is 12.8. The molecular weight excluding hydrogens is 388 g/mol. The molecule has 3 heterocycles. The lowest BCUT2D eigenvalue weighted by molar-refractivity contribution is -0.00173. The predicted octanol–water partition coefficient (Wildman–Crippen LogP) is 2.58. The Labute approximate surface area is 172 Å². The number of anilines is 1. The Balaban J connectivity index is 1.30. The minimum atomic E-state index is -0.348. The Morgan fingerprint density at radius 1 is 1.13 bits per heavy atom. The summed E-state index contributed by atoms with van der Waals surface area (Å²) in [6, 6.07) is 13.0. The minimum absolute atomic E-state index is 0.168. The molecule has 2 aliphatic rings. The fraction of sp³-hybridized carbons (Fsp3) is 0.286. The van der Waals surface area contributed by atoms with E-state index in [0.717, 1.165) is 11.3 Å². The first-order valence-electron chi connectivity index (χ1n) is 9.60. The number of nitrogens with one attached hydrogen (secondary N) is 1. The van der Waals surface area contributed by atoms with Crippen molar-refractivity contribution in [2.24, 2.45) is 0 Å². The van der Waals surface area contributed by atoms with Gasteiger partial charge < -0.3 is 24.3 Å². The van der Waals surface area contributed by atoms with Gasteiger partial charge in [-0.3, -0.25) is 4.79 Å². The maximum atomic E-state index is 12.8. The van der Waals surface area contributed by atoms with Crippen LogP contribution in [0.3, 0.4) is 0 Å². The largest absolute Gasteiger partial charge is 0.497 e. The molecule has 154 valence electrons. The summed E-state index contributed by atoms with van der Waals surface area (Å²) < 4.78 is 24.0. The maximum absolute atomic E-state index is 12.8. The number of fused-ring (bicyclic) bond motifs is 2. The zero-order valence-corrected chi connectivity index (χ0v) is 16.3. The third kappa shape index (κ3) is 3.43. The number of amides is 1. The molecule has 2 aromatic carbocycles. The van der Waals surface area contributed by atoms with E-state index in [2.05, 4.69) is 15.6 Å². The van der Waals surface area contributed by atoms with Gasteiger partial charge in [0.1, 0.15) is 25.1 Å². The highest BCUT2D eigenvalue weighted by molar-refractivity contribution is 6.03. The van der Waals surface area contributed by atoms with Crippen molar-refractivity contribution in [1.82, 2.24) is 15.0 Å². The van der Waals surface area contributed by atoms with Crippen LogP contribution >= 0.6 is 0 Å². The molecule has 1 amide bonds. The SMILES string of the molecule is COc1ccc(C2Cn3nnc(C(=O)Nc4ccc5c(c4)OCCO5)c3CO2)cc1. The van der Waals surface area contributed by atoms with E-state index < -0.39 is 0 Å². The van der Waals surface area contributed by atoms with Crippen molar-refractivity contribution in [3.05, 3.63) is 59.4 Å². The van der Waals surface area contributed by atoms with Crippen LogP contribution in [0.15, 0.2) is 42.5 Å². The summed E-state index contributed by atoms with van der Waals surface area (Å²) in [5.74, 6) is 1.71. The van der Waals surface area contributed by atoms with Crippen LogP contribution in [-0.4, -0.2) is 41.2 Å². The number of methoxy groups -OCH3 is 1. The first-order valence-corrected chi connectivity index (χ1v) is 9.60. The first kappa shape index (κ1) is 18.4. The zero-order chi connectivity index (χ0) is 20.5. The number of nitrogens with zero attached hydrogens (tertiary/aromatic N) is 3. The van der Waals surface area contributed by atoms with Crippen molar-refractivity contribution in [2.45, 2.75) is 19.3 Å². The number of hydrogen-bond acceptors (Lipinski definition) is 7. The highest BCUT2D eigenvalue weighted by Crippen LogP contribution is 2.33. The predicted molar refractivity (Wildman–Crippen MR) is 106 cm³/mol. The van der Waals surface area contributed by atoms with Gasteiger partial charge in [-0.05, 0) is 29.8 Å². The molecule has 5 rings (SSSR count). The quantitative estimate of drug-likeness (QED) is 0.709. The number of ether oxygens (including phenoxy) is 4. The third-order valence-electron chi connectivity index (χ3n) is 5.10. The van der Waals surface area contributed by atoms with Gasteiger partial charge in [0.15, 0.2) is 17.2 Å². The normalized spacial score (nSPS) is 17.2. The van der Waals surface area contributed by atoms with Gasteiger partial charge in [-0.25, -0.2) is 4.68 Å². The average Bonchev–Trinajstić information content (AvgIpc) is 3.22. The molecule has 30 heavy (non-hydrogen) atoms. The van der Waals surface area contributed by atoms with Gasteiger partial charge in [0.2, 0.25) is 0 Å². The Hall–Kier alpha value is -3.59. The standard InChI is InChI=1S/C21H20N4O5/c1-27-15-5-2-13(3-6-15)19-11-25-16(12-30-19)20(23-24-25)21(26)22-14-4-7-17-18(10-14)29-9-8-28-17/h2-7,10,19H,8-9,11-12H2,1H3,(H,22,26). The number of benzene rings is 2. The molecule has 0 aliphatic carbocycles. The van der Waals surface area contributed by atoms with Crippen molar-refractivity contribution in [3.63, 3.8) is 0 Å². The van der Waals surface area contributed by atoms with Crippen LogP contribution in [-0.2, 0) is 17.9 Å². The van der Waals surface area contributed by atoms with E-state index in [4.69, 9.17) is 18.9 Å². The van der Waals surface area contributed by atoms with E-state index in [1.807, 2.05) is 24.3 Å². The molecule has 0 spiro atoms. The Morgan fingerprint density at radius 3 is 2.73 bits per heavy atom. The molecule has 1 N–H and O–H groups in total. The second-order valence-electron chi connectivity index (χ2n) is 6.95. The van der Waals surface area contributed by atoms with Gasteiger partial charge in [0.05, 0.1) is 26.0 Å². The molecule has 0 saturated heterocycles. The average molecular weight is 408 g/mol. The molecular formula is C21H20N4O5. The smallest absolute Gasteiger partial charge is 0.278 e. The van der Waals surface area contributed by atoms with E-state index in [9.17, 15) is 4.79 Å². The highest BCUT2D eigenvalue weighted by atomic mass is 16.6. The fourth-order valence-corrected chi connectivity index (χ4v) is 3.52. The van der Waals surface area contributed by atoms with E-state index in [1.165, 1.54) is 0 Å². The van der Waals surface area contributed by atoms with Crippen LogP contribution in [0.5, 0.6) is 17.2 Å². The van der Waals surface area contributed by atoms with Crippen LogP contribution in [0.4, 0.5) is 5.69 Å². The Morgan fingerprint density at radius 2 is 1.93 bits per heavy atom. The van der Waals surface area contributed by atoms with Crippen molar-refractivity contribution < 1.29 is 23.7 Å². The van der Waals surface area contributed by atoms with Crippen molar-refractivity contribution in [2.75, 3.05) is 25.6 Å². The molecule has 9 nitrogen and oxygen atoms in total. The van der Waals surface area contributed by atoms with Crippen LogP contribution in [0.1, 0.15) is 27.8 Å². The molecule has 0 saturated carbocycles. The summed E-state index contributed by atoms with van der Waals surface area (Å²) >= 11 is 0. The Bertz CT molecular complexity index is 1080. The van der Waals surface area contributed by atoms with Gasteiger partial charge in [0, 0.05) is 11.8 Å². The summed E-state index contributed by atoms with van der Waals surface area (Å²) in [7, 11) is 1.63. The van der Waals surface area contributed by atoms with Gasteiger partial charge >= 0.3 is 0 Å². The second-order valence-corrected chi connectivity index (χ2v) is 6.95. The molecule has 1 atom stereocenters. The van der Waals surface area contributed by atoms with E-state index in [0.29, 0.717) is 42.6 Å². The lowest BCUT2D eigenvalue weighted by atomic mass is 10.1. The molecule has 0 radical (unpaired) electrons. The number of hydrogen-bond donors (Lipinski definition) is 1. The molecule has 9 heteroatoms. The molecule has 3 aromatic rings. The van der Waals surface area contributed by atoms with Gasteiger partial charge in [-0.15, -0.1) is 5.10 Å². The van der Waals surface area contributed by atoms with Crippen molar-refractivity contribution in [3.8, 4) is 17.2 Å². The number of aromatic nitrogens is 3. The summed E-state index contributed by atoms with van der Waals surface area (Å²) in [5, 5.41) is 11.1. The van der Waals surface area contributed by atoms with E-state index >= 15 is 0 Å². The lowest BCUT2D eigenvalue weighted by Gasteiger charge is -2.24. The number of carbonyl (C=O) groups is 1. The van der Waals surface area contributed by atoms with Crippen molar-refractivity contribution >= 4 is 11.6 Å². The molecule has 1 aromatic heterocycles. The van der Waals surface area contributed by atoms with Crippen LogP contribution < -0.4 is 19.5 Å². The van der Waals surface area contributed by atoms with Gasteiger partial charge in [0.25, 0.3) is 5.91 Å². The molecule has 2 aliphatic heterocycles. The molecule has 0 bridgehead atoms. The summed E-state index contributed by atoms with van der Waals surface area (Å²) in [5.41, 5.74) is 2.51. The monoisotopic (exact) mass is 408 g/mol. The summed E-state index contributed by atoms with van der Waals surface area (Å²) in [6.45, 7) is 1.72. The van der Waals surface area contributed by atoms with Crippen molar-refractivity contribution in [1.29, 1.82) is 0 Å². The third-order valence-corrected chi connectivity index (χ3v) is 5.10. The lowest BCUT2D eigenvalue weighted by Crippen LogP contribution is -2.24. The van der Waals surface area contributed by atoms with E-state index in [1.54, 1.807) is 30.0 Å². The second kappa shape index (κ2) is 7.68. The van der Waals surface area contributed by atoms with Crippen LogP contribution in [0.25, 0.3) is 0 Å². The number of carbonyl (C=O) groups excluding carboxylic acids is 1. The minimum Gasteiger partial charge on any atom is -0.497 e. The van der Waals surface area contributed by atoms with Gasteiger partial charge in [-0.1, -0.05) is 17.3 Å². The van der Waals surface area contributed by atoms with Crippen LogP contribution in [0, 0.1) is 0 Å². The maximum Gasteiger partial charge on any atom is 0.278 e. The number of rotatable bonds is 4. The zero-order valence-electron chi connectivity index (χ0n) is 16.3. The van der Waals surface area contributed by atoms with Crippen LogP contribution in [0.2, 0.25) is 0 Å². The highest BCUT2D eigenvalue weighted by Gasteiger charge is 2.28. The summed E-state index contributed by atoms with van der Waals surface area (Å²) in [6.07, 6.45) is -0.168. The van der Waals surface area contributed by atoms with E-state index in [-0.39, 0.29) is 24.3 Å². The first-order chi connectivity index (χ1) is 14.7. The fourth-order valence-electron chi connectivity index (χ4n) is 3.52. The molecule has 0 fully saturated rings. The molecule has 1 unspecified atom stereocenters. The Kier molecular flexibility index (Phi) is 4.72. The topological polar surface area (TPSA) is 96.7 Å².